The van der Waals surface area contributed by atoms with E-state index < -0.39 is 0 Å². The number of aromatic amines is 1. The van der Waals surface area contributed by atoms with Crippen molar-refractivity contribution in [1.82, 2.24) is 14.4 Å². The molecule has 32 heavy (non-hydrogen) atoms. The zero-order chi connectivity index (χ0) is 21.0. The van der Waals surface area contributed by atoms with Gasteiger partial charge in [0.05, 0.1) is 16.6 Å². The standard InChI is InChI=1S/C29H19N3/c1-2-16-17-8-3-5-12-21(17)31-29-25(16)19-10-7-11-20-27-24(32(29)28(19)20)15-14-23-26(27)18-9-4-6-13-22(18)30-23/h3-15,30H,2H2,1H3. The molecule has 4 heterocycles. The van der Waals surface area contributed by atoms with E-state index in [0.29, 0.717) is 0 Å². The number of nitrogens with zero attached hydrogens (tertiary/aromatic N) is 2. The van der Waals surface area contributed by atoms with Gasteiger partial charge in [-0.15, -0.1) is 0 Å². The number of fused-ring (bicyclic) bond motifs is 11. The molecule has 0 aliphatic rings. The third-order valence-corrected chi connectivity index (χ3v) is 7.23. The Labute approximate surface area is 183 Å². The SMILES string of the molecule is CCc1c2ccccc2nc2c1c1cccc3c4c5c(ccc4n2c13)[nH]c1ccccc15. The maximum absolute atomic E-state index is 5.21. The number of para-hydroxylation sites is 3. The van der Waals surface area contributed by atoms with Crippen LogP contribution in [0.5, 0.6) is 0 Å². The first-order valence-corrected chi connectivity index (χ1v) is 11.2. The van der Waals surface area contributed by atoms with Gasteiger partial charge in [-0.25, -0.2) is 4.98 Å². The van der Waals surface area contributed by atoms with Crippen molar-refractivity contribution >= 4 is 70.9 Å². The highest BCUT2D eigenvalue weighted by Crippen LogP contribution is 2.44. The largest absolute Gasteiger partial charge is 0.354 e. The fourth-order valence-electron chi connectivity index (χ4n) is 6.00. The molecule has 0 aliphatic heterocycles. The minimum atomic E-state index is 0.983. The molecule has 3 heteroatoms. The first-order chi connectivity index (χ1) is 15.8. The first kappa shape index (κ1) is 16.6. The minimum Gasteiger partial charge on any atom is -0.354 e. The van der Waals surface area contributed by atoms with E-state index in [1.165, 1.54) is 65.3 Å². The van der Waals surface area contributed by atoms with Gasteiger partial charge in [-0.05, 0) is 36.2 Å². The van der Waals surface area contributed by atoms with E-state index in [9.17, 15) is 0 Å². The lowest BCUT2D eigenvalue weighted by molar-refractivity contribution is 1.17. The van der Waals surface area contributed by atoms with Gasteiger partial charge in [0.1, 0.15) is 5.65 Å². The summed E-state index contributed by atoms with van der Waals surface area (Å²) in [5.74, 6) is 0. The molecule has 4 aromatic carbocycles. The lowest BCUT2D eigenvalue weighted by atomic mass is 9.99. The number of rotatable bonds is 1. The van der Waals surface area contributed by atoms with E-state index in [4.69, 9.17) is 4.98 Å². The first-order valence-electron chi connectivity index (χ1n) is 11.2. The summed E-state index contributed by atoms with van der Waals surface area (Å²) in [6.07, 6.45) is 0.983. The molecule has 0 unspecified atom stereocenters. The molecule has 8 rings (SSSR count). The fourth-order valence-corrected chi connectivity index (χ4v) is 6.00. The summed E-state index contributed by atoms with van der Waals surface area (Å²) in [7, 11) is 0. The molecule has 0 atom stereocenters. The van der Waals surface area contributed by atoms with E-state index >= 15 is 0 Å². The van der Waals surface area contributed by atoms with E-state index in [1.807, 2.05) is 0 Å². The van der Waals surface area contributed by atoms with Gasteiger partial charge in [-0.1, -0.05) is 61.5 Å². The zero-order valence-corrected chi connectivity index (χ0v) is 17.6. The number of aromatic nitrogens is 3. The maximum Gasteiger partial charge on any atom is 0.146 e. The Morgan fingerprint density at radius 2 is 1.44 bits per heavy atom. The second-order valence-electron chi connectivity index (χ2n) is 8.75. The summed E-state index contributed by atoms with van der Waals surface area (Å²) in [6.45, 7) is 2.25. The Balaban J connectivity index is 1.73. The summed E-state index contributed by atoms with van der Waals surface area (Å²) in [4.78, 5) is 8.83. The minimum absolute atomic E-state index is 0.983. The van der Waals surface area contributed by atoms with Crippen molar-refractivity contribution in [3.63, 3.8) is 0 Å². The van der Waals surface area contributed by atoms with Crippen LogP contribution in [-0.2, 0) is 6.42 Å². The van der Waals surface area contributed by atoms with Crippen LogP contribution in [0.2, 0.25) is 0 Å². The summed E-state index contributed by atoms with van der Waals surface area (Å²) < 4.78 is 2.40. The molecule has 0 aliphatic carbocycles. The molecule has 3 nitrogen and oxygen atoms in total. The van der Waals surface area contributed by atoms with Gasteiger partial charge < -0.3 is 4.98 Å². The summed E-state index contributed by atoms with van der Waals surface area (Å²) >= 11 is 0. The Morgan fingerprint density at radius 1 is 0.688 bits per heavy atom. The number of pyridine rings is 1. The van der Waals surface area contributed by atoms with Gasteiger partial charge in [0.2, 0.25) is 0 Å². The molecule has 8 aromatic rings. The molecule has 0 bridgehead atoms. The summed E-state index contributed by atoms with van der Waals surface area (Å²) in [5.41, 5.74) is 8.41. The average Bonchev–Trinajstić information content (AvgIpc) is 3.48. The van der Waals surface area contributed by atoms with Crippen molar-refractivity contribution in [2.45, 2.75) is 13.3 Å². The van der Waals surface area contributed by atoms with Gasteiger partial charge in [0.25, 0.3) is 0 Å². The number of hydrogen-bond acceptors (Lipinski definition) is 1. The molecule has 0 amide bonds. The Kier molecular flexibility index (Phi) is 2.88. The fraction of sp³-hybridized carbons (Fsp3) is 0.0690. The second kappa shape index (κ2) is 5.57. The van der Waals surface area contributed by atoms with Crippen molar-refractivity contribution in [2.24, 2.45) is 0 Å². The molecule has 0 saturated heterocycles. The van der Waals surface area contributed by atoms with Crippen molar-refractivity contribution in [3.05, 3.63) is 84.4 Å². The molecular formula is C29H19N3. The topological polar surface area (TPSA) is 33.1 Å². The van der Waals surface area contributed by atoms with Crippen molar-refractivity contribution < 1.29 is 0 Å². The molecule has 1 N–H and O–H groups in total. The van der Waals surface area contributed by atoms with E-state index in [2.05, 4.69) is 95.2 Å². The van der Waals surface area contributed by atoms with Crippen LogP contribution in [0.4, 0.5) is 0 Å². The molecule has 0 spiro atoms. The van der Waals surface area contributed by atoms with Crippen LogP contribution in [-0.4, -0.2) is 14.4 Å². The summed E-state index contributed by atoms with van der Waals surface area (Å²) in [6, 6.07) is 28.4. The Morgan fingerprint density at radius 3 is 2.31 bits per heavy atom. The number of benzene rings is 4. The Bertz CT molecular complexity index is 2020. The van der Waals surface area contributed by atoms with Crippen LogP contribution < -0.4 is 0 Å². The van der Waals surface area contributed by atoms with Gasteiger partial charge in [-0.3, -0.25) is 4.40 Å². The molecule has 150 valence electrons. The molecule has 4 aromatic heterocycles. The Hall–Kier alpha value is -4.11. The summed E-state index contributed by atoms with van der Waals surface area (Å²) in [5, 5.41) is 9.06. The van der Waals surface area contributed by atoms with Crippen molar-refractivity contribution in [2.75, 3.05) is 0 Å². The highest BCUT2D eigenvalue weighted by Gasteiger charge is 2.23. The van der Waals surface area contributed by atoms with Crippen LogP contribution in [0.25, 0.3) is 70.9 Å². The average molecular weight is 409 g/mol. The van der Waals surface area contributed by atoms with Crippen molar-refractivity contribution in [3.8, 4) is 0 Å². The monoisotopic (exact) mass is 409 g/mol. The third kappa shape index (κ3) is 1.78. The number of aryl methyl sites for hydroxylation is 1. The van der Waals surface area contributed by atoms with E-state index in [-0.39, 0.29) is 0 Å². The van der Waals surface area contributed by atoms with Crippen LogP contribution in [0.3, 0.4) is 0 Å². The van der Waals surface area contributed by atoms with Gasteiger partial charge in [0.15, 0.2) is 0 Å². The number of hydrogen-bond donors (Lipinski definition) is 1. The highest BCUT2D eigenvalue weighted by atomic mass is 15.0. The molecule has 0 saturated carbocycles. The smallest absolute Gasteiger partial charge is 0.146 e. The molecule has 0 fully saturated rings. The predicted octanol–water partition coefficient (Wildman–Crippen LogP) is 7.58. The molecule has 0 radical (unpaired) electrons. The lowest BCUT2D eigenvalue weighted by Crippen LogP contribution is -1.92. The normalized spacial score (nSPS) is 12.7. The van der Waals surface area contributed by atoms with E-state index in [1.54, 1.807) is 0 Å². The highest BCUT2D eigenvalue weighted by molar-refractivity contribution is 6.32. The van der Waals surface area contributed by atoms with Gasteiger partial charge in [0, 0.05) is 48.7 Å². The van der Waals surface area contributed by atoms with E-state index in [0.717, 1.165) is 17.6 Å². The molecular weight excluding hydrogens is 390 g/mol. The predicted molar refractivity (Wildman–Crippen MR) is 135 cm³/mol. The number of H-pyrrole nitrogens is 1. The van der Waals surface area contributed by atoms with Crippen LogP contribution in [0.1, 0.15) is 12.5 Å². The van der Waals surface area contributed by atoms with Crippen LogP contribution in [0, 0.1) is 0 Å². The van der Waals surface area contributed by atoms with Crippen LogP contribution >= 0.6 is 0 Å². The zero-order valence-electron chi connectivity index (χ0n) is 17.6. The number of nitrogens with one attached hydrogen (secondary N) is 1. The van der Waals surface area contributed by atoms with Crippen molar-refractivity contribution in [1.29, 1.82) is 0 Å². The third-order valence-electron chi connectivity index (χ3n) is 7.23. The lowest BCUT2D eigenvalue weighted by Gasteiger charge is -2.07. The van der Waals surface area contributed by atoms with Gasteiger partial charge in [-0.2, -0.15) is 0 Å². The van der Waals surface area contributed by atoms with Gasteiger partial charge >= 0.3 is 0 Å². The quantitative estimate of drug-likeness (QED) is 0.298. The second-order valence-corrected chi connectivity index (χ2v) is 8.75. The maximum atomic E-state index is 5.21. The van der Waals surface area contributed by atoms with Crippen LogP contribution in [0.15, 0.2) is 78.9 Å².